The summed E-state index contributed by atoms with van der Waals surface area (Å²) in [7, 11) is 0. The fraction of sp³-hybridized carbons (Fsp3) is 0.348. The molecule has 10 heteroatoms. The predicted molar refractivity (Wildman–Crippen MR) is 112 cm³/mol. The number of nitrogens with one attached hydrogen (secondary N) is 1. The highest BCUT2D eigenvalue weighted by molar-refractivity contribution is 6.36. The van der Waals surface area contributed by atoms with Crippen LogP contribution in [0.2, 0.25) is 5.02 Å². The van der Waals surface area contributed by atoms with Crippen molar-refractivity contribution in [2.75, 3.05) is 16.8 Å². The van der Waals surface area contributed by atoms with Crippen LogP contribution in [0.4, 0.5) is 24.5 Å². The summed E-state index contributed by atoms with van der Waals surface area (Å²) in [6.07, 6.45) is -3.31. The number of anilines is 2. The van der Waals surface area contributed by atoms with E-state index in [1.165, 1.54) is 0 Å². The Morgan fingerprint density at radius 2 is 1.82 bits per heavy atom. The summed E-state index contributed by atoms with van der Waals surface area (Å²) >= 11 is 6.18. The van der Waals surface area contributed by atoms with Crippen LogP contribution < -0.4 is 10.2 Å². The fourth-order valence-electron chi connectivity index (χ4n) is 6.26. The van der Waals surface area contributed by atoms with Gasteiger partial charge in [0.2, 0.25) is 17.7 Å². The van der Waals surface area contributed by atoms with E-state index in [0.717, 1.165) is 29.5 Å². The molecule has 6 nitrogen and oxygen atoms in total. The van der Waals surface area contributed by atoms with Crippen molar-refractivity contribution >= 4 is 40.7 Å². The number of para-hydroxylation sites is 1. The molecule has 3 saturated heterocycles. The molecule has 4 heterocycles. The number of amides is 3. The molecular weight excluding hydrogens is 459 g/mol. The summed E-state index contributed by atoms with van der Waals surface area (Å²) in [4.78, 5) is 43.6. The number of hydrogen-bond donors (Lipinski definition) is 1. The first-order chi connectivity index (χ1) is 15.7. The minimum absolute atomic E-state index is 0.140. The second-order valence-corrected chi connectivity index (χ2v) is 9.26. The number of nitrogens with zero attached hydrogens (tertiary/aromatic N) is 2. The number of carbonyl (C=O) groups excluding carboxylic acids is 3. The zero-order valence-electron chi connectivity index (χ0n) is 17.0. The smallest absolute Gasteiger partial charge is 0.324 e. The van der Waals surface area contributed by atoms with Gasteiger partial charge < -0.3 is 5.32 Å². The summed E-state index contributed by atoms with van der Waals surface area (Å²) < 4.78 is 40.1. The summed E-state index contributed by atoms with van der Waals surface area (Å²) in [6.45, 7) is 0.546. The van der Waals surface area contributed by atoms with Gasteiger partial charge in [0.15, 0.2) is 0 Å². The summed E-state index contributed by atoms with van der Waals surface area (Å²) in [6, 6.07) is 9.23. The van der Waals surface area contributed by atoms with Crippen LogP contribution in [0.25, 0.3) is 0 Å². The van der Waals surface area contributed by atoms with Crippen LogP contribution in [0.3, 0.4) is 0 Å². The van der Waals surface area contributed by atoms with Crippen molar-refractivity contribution < 1.29 is 27.6 Å². The topological polar surface area (TPSA) is 69.7 Å². The van der Waals surface area contributed by atoms with Gasteiger partial charge in [0.1, 0.15) is 5.54 Å². The predicted octanol–water partition coefficient (Wildman–Crippen LogP) is 3.79. The largest absolute Gasteiger partial charge is 0.416 e. The van der Waals surface area contributed by atoms with E-state index in [-0.39, 0.29) is 22.7 Å². The standard InChI is InChI=1S/C23H17ClF3N3O3/c24-13-8-7-11(23(25,26)27)10-16(13)30-19(31)17-15-6-3-9-29(15)22(18(17)20(30)32)12-4-1-2-5-14(12)28-21(22)33/h1-2,4-5,7-8,10,15,17-18H,3,6,9H2,(H,28,33)/t15-,17+,18+,22-/m0/s1. The molecule has 33 heavy (non-hydrogen) atoms. The van der Waals surface area contributed by atoms with Crippen molar-refractivity contribution in [3.05, 3.63) is 58.6 Å². The van der Waals surface area contributed by atoms with Crippen LogP contribution in [0.5, 0.6) is 0 Å². The summed E-state index contributed by atoms with van der Waals surface area (Å²) in [5.41, 5.74) is -1.50. The quantitative estimate of drug-likeness (QED) is 0.637. The number of hydrogen-bond acceptors (Lipinski definition) is 4. The summed E-state index contributed by atoms with van der Waals surface area (Å²) in [5.74, 6) is -3.60. The van der Waals surface area contributed by atoms with Crippen molar-refractivity contribution in [1.29, 1.82) is 0 Å². The Labute approximate surface area is 191 Å². The van der Waals surface area contributed by atoms with E-state index >= 15 is 0 Å². The Bertz CT molecular complexity index is 1250. The summed E-state index contributed by atoms with van der Waals surface area (Å²) in [5, 5.41) is 2.71. The third-order valence-corrected chi connectivity index (χ3v) is 7.73. The second-order valence-electron chi connectivity index (χ2n) is 8.85. The van der Waals surface area contributed by atoms with Gasteiger partial charge in [-0.3, -0.25) is 19.3 Å². The van der Waals surface area contributed by atoms with Gasteiger partial charge >= 0.3 is 6.18 Å². The fourth-order valence-corrected chi connectivity index (χ4v) is 6.46. The molecule has 2 aromatic carbocycles. The van der Waals surface area contributed by atoms with Crippen LogP contribution in [-0.2, 0) is 26.1 Å². The first kappa shape index (κ1) is 20.7. The van der Waals surface area contributed by atoms with Crippen LogP contribution in [-0.4, -0.2) is 35.2 Å². The lowest BCUT2D eigenvalue weighted by Gasteiger charge is -2.36. The molecule has 1 spiro atoms. The molecule has 0 aliphatic carbocycles. The number of halogens is 4. The molecule has 0 aromatic heterocycles. The SMILES string of the molecule is O=C1[C@@H]2[C@@H]3CCCN3[C@]3(C(=O)Nc4ccccc43)[C@H]2C(=O)N1c1cc(C(F)(F)F)ccc1Cl. The van der Waals surface area contributed by atoms with Crippen LogP contribution >= 0.6 is 11.6 Å². The molecule has 4 aliphatic rings. The van der Waals surface area contributed by atoms with E-state index < -0.39 is 40.9 Å². The minimum Gasteiger partial charge on any atom is -0.324 e. The molecule has 0 saturated carbocycles. The molecule has 0 bridgehead atoms. The molecule has 4 aliphatic heterocycles. The molecule has 4 atom stereocenters. The number of fused-ring (bicyclic) bond motifs is 7. The number of rotatable bonds is 1. The van der Waals surface area contributed by atoms with Gasteiger partial charge in [0, 0.05) is 17.3 Å². The van der Waals surface area contributed by atoms with Crippen LogP contribution in [0.15, 0.2) is 42.5 Å². The van der Waals surface area contributed by atoms with Gasteiger partial charge in [-0.25, -0.2) is 4.90 Å². The Hall–Kier alpha value is -2.91. The van der Waals surface area contributed by atoms with Crippen LogP contribution in [0.1, 0.15) is 24.0 Å². The maximum atomic E-state index is 13.8. The Morgan fingerprint density at radius 3 is 2.58 bits per heavy atom. The minimum atomic E-state index is -4.67. The van der Waals surface area contributed by atoms with E-state index in [2.05, 4.69) is 5.32 Å². The molecule has 3 fully saturated rings. The molecule has 6 rings (SSSR count). The number of alkyl halides is 3. The Kier molecular flexibility index (Phi) is 4.12. The third-order valence-electron chi connectivity index (χ3n) is 7.41. The first-order valence-electron chi connectivity index (χ1n) is 10.6. The van der Waals surface area contributed by atoms with Crippen molar-refractivity contribution in [2.45, 2.75) is 30.6 Å². The maximum absolute atomic E-state index is 13.8. The lowest BCUT2D eigenvalue weighted by molar-refractivity contribution is -0.137. The lowest BCUT2D eigenvalue weighted by atomic mass is 9.75. The highest BCUT2D eigenvalue weighted by Crippen LogP contribution is 2.60. The Balaban J connectivity index is 1.54. The molecule has 170 valence electrons. The van der Waals surface area contributed by atoms with Crippen molar-refractivity contribution in [3.8, 4) is 0 Å². The average molecular weight is 476 g/mol. The third kappa shape index (κ3) is 2.46. The zero-order valence-corrected chi connectivity index (χ0v) is 17.8. The molecular formula is C23H17ClF3N3O3. The van der Waals surface area contributed by atoms with E-state index in [9.17, 15) is 27.6 Å². The van der Waals surface area contributed by atoms with E-state index in [4.69, 9.17) is 11.6 Å². The van der Waals surface area contributed by atoms with Gasteiger partial charge in [-0.2, -0.15) is 13.2 Å². The van der Waals surface area contributed by atoms with Crippen molar-refractivity contribution in [2.24, 2.45) is 11.8 Å². The molecule has 1 N–H and O–H groups in total. The van der Waals surface area contributed by atoms with Gasteiger partial charge in [0.05, 0.1) is 28.1 Å². The van der Waals surface area contributed by atoms with E-state index in [1.807, 2.05) is 4.90 Å². The van der Waals surface area contributed by atoms with Gasteiger partial charge in [0.25, 0.3) is 0 Å². The van der Waals surface area contributed by atoms with E-state index in [1.54, 1.807) is 24.3 Å². The van der Waals surface area contributed by atoms with Crippen LogP contribution in [0, 0.1) is 11.8 Å². The highest BCUT2D eigenvalue weighted by Gasteiger charge is 2.74. The second kappa shape index (κ2) is 6.57. The Morgan fingerprint density at radius 1 is 1.06 bits per heavy atom. The molecule has 0 radical (unpaired) electrons. The molecule has 0 unspecified atom stereocenters. The lowest BCUT2D eigenvalue weighted by Crippen LogP contribution is -2.54. The molecule has 3 amide bonds. The van der Waals surface area contributed by atoms with Gasteiger partial charge in [-0.15, -0.1) is 0 Å². The number of imide groups is 1. The zero-order chi connectivity index (χ0) is 23.3. The van der Waals surface area contributed by atoms with E-state index in [0.29, 0.717) is 24.2 Å². The van der Waals surface area contributed by atoms with Gasteiger partial charge in [-0.05, 0) is 43.7 Å². The number of carbonyl (C=O) groups is 3. The molecule has 2 aromatic rings. The first-order valence-corrected chi connectivity index (χ1v) is 11.0. The number of benzene rings is 2. The van der Waals surface area contributed by atoms with Crippen molar-refractivity contribution in [3.63, 3.8) is 0 Å². The normalized spacial score (nSPS) is 30.7. The average Bonchev–Trinajstić information content (AvgIpc) is 3.46. The maximum Gasteiger partial charge on any atom is 0.416 e. The van der Waals surface area contributed by atoms with Crippen molar-refractivity contribution in [1.82, 2.24) is 4.90 Å². The monoisotopic (exact) mass is 475 g/mol. The van der Waals surface area contributed by atoms with Gasteiger partial charge in [-0.1, -0.05) is 29.8 Å². The highest BCUT2D eigenvalue weighted by atomic mass is 35.5.